The van der Waals surface area contributed by atoms with Crippen LogP contribution in [0.25, 0.3) is 11.0 Å². The van der Waals surface area contributed by atoms with E-state index in [1.54, 1.807) is 25.3 Å². The fourth-order valence-corrected chi connectivity index (χ4v) is 1.02. The average molecular weight is 167 g/mol. The molecule has 0 saturated carbocycles. The molecule has 62 valence electrons. The lowest BCUT2D eigenvalue weighted by Gasteiger charge is -1.93. The van der Waals surface area contributed by atoms with Gasteiger partial charge in [-0.2, -0.15) is 0 Å². The third-order valence-electron chi connectivity index (χ3n) is 1.64. The normalized spacial score (nSPS) is 10.4. The summed E-state index contributed by atoms with van der Waals surface area (Å²) < 4.78 is 9.87. The number of rotatable bonds is 1. The van der Waals surface area contributed by atoms with Gasteiger partial charge in [0.25, 0.3) is 5.52 Å². The van der Waals surface area contributed by atoms with E-state index in [1.807, 2.05) is 0 Å². The van der Waals surface area contributed by atoms with E-state index < -0.39 is 0 Å². The maximum Gasteiger partial charge on any atom is 0.272 e. The summed E-state index contributed by atoms with van der Waals surface area (Å²) in [6.45, 7) is 0. The van der Waals surface area contributed by atoms with Crippen LogP contribution in [0.4, 0.5) is 0 Å². The van der Waals surface area contributed by atoms with Crippen LogP contribution >= 0.6 is 0 Å². The third-order valence-corrected chi connectivity index (χ3v) is 1.64. The standard InChI is InChI=1S/C7H7N2O3/c1-11-5-2-3-7-6(4-5)8-12-9(7)10/h2-4,8H,1H3/q+1. The van der Waals surface area contributed by atoms with E-state index in [9.17, 15) is 4.91 Å². The van der Waals surface area contributed by atoms with Crippen LogP contribution in [0.2, 0.25) is 0 Å². The van der Waals surface area contributed by atoms with Crippen LogP contribution < -0.4 is 9.34 Å². The van der Waals surface area contributed by atoms with Gasteiger partial charge in [-0.3, -0.25) is 0 Å². The van der Waals surface area contributed by atoms with Gasteiger partial charge in [0.05, 0.1) is 7.11 Å². The Morgan fingerprint density at radius 2 is 2.42 bits per heavy atom. The molecule has 1 aromatic carbocycles. The predicted octanol–water partition coefficient (Wildman–Crippen LogP) is 0.684. The Kier molecular flexibility index (Phi) is 1.36. The lowest BCUT2D eigenvalue weighted by atomic mass is 10.3. The van der Waals surface area contributed by atoms with Gasteiger partial charge in [-0.15, -0.1) is 0 Å². The Morgan fingerprint density at radius 1 is 1.58 bits per heavy atom. The van der Waals surface area contributed by atoms with Crippen molar-refractivity contribution in [3.8, 4) is 5.75 Å². The van der Waals surface area contributed by atoms with Crippen molar-refractivity contribution in [2.45, 2.75) is 0 Å². The molecule has 5 nitrogen and oxygen atoms in total. The number of nitrogens with zero attached hydrogens (tertiary/aromatic N) is 1. The van der Waals surface area contributed by atoms with Gasteiger partial charge < -0.3 is 4.74 Å². The quantitative estimate of drug-likeness (QED) is 0.679. The molecule has 0 aliphatic heterocycles. The van der Waals surface area contributed by atoms with Crippen molar-refractivity contribution in [1.82, 2.24) is 5.16 Å². The summed E-state index contributed by atoms with van der Waals surface area (Å²) >= 11 is 0. The molecule has 1 aromatic heterocycles. The molecule has 0 amide bonds. The number of methoxy groups -OCH3 is 1. The molecule has 0 aliphatic rings. The number of H-pyrrole nitrogens is 1. The van der Waals surface area contributed by atoms with Gasteiger partial charge in [-0.25, -0.2) is 0 Å². The van der Waals surface area contributed by atoms with Crippen LogP contribution in [0.1, 0.15) is 0 Å². The van der Waals surface area contributed by atoms with Gasteiger partial charge in [-0.1, -0.05) is 9.79 Å². The van der Waals surface area contributed by atoms with Crippen molar-refractivity contribution in [2.75, 3.05) is 7.11 Å². The molecule has 0 saturated heterocycles. The van der Waals surface area contributed by atoms with Crippen LogP contribution in [-0.4, -0.2) is 12.3 Å². The highest BCUT2D eigenvalue weighted by molar-refractivity contribution is 5.71. The molecule has 2 aromatic rings. The SMILES string of the molecule is COc1ccc2c(c1)[nH]o[n+]2=O. The molecule has 0 radical (unpaired) electrons. The van der Waals surface area contributed by atoms with E-state index in [-0.39, 0.29) is 0 Å². The molecule has 0 atom stereocenters. The maximum absolute atomic E-state index is 10.9. The Balaban J connectivity index is 2.77. The number of fused-ring (bicyclic) bond motifs is 1. The molecule has 0 bridgehead atoms. The van der Waals surface area contributed by atoms with Gasteiger partial charge >= 0.3 is 0 Å². The summed E-state index contributed by atoms with van der Waals surface area (Å²) in [5.74, 6) is 0.681. The number of ether oxygens (including phenoxy) is 1. The first-order valence-electron chi connectivity index (χ1n) is 3.39. The molecule has 0 fully saturated rings. The molecular weight excluding hydrogens is 160 g/mol. The predicted molar refractivity (Wildman–Crippen MR) is 40.5 cm³/mol. The number of aromatic amines is 1. The van der Waals surface area contributed by atoms with Crippen molar-refractivity contribution in [2.24, 2.45) is 0 Å². The van der Waals surface area contributed by atoms with E-state index in [0.29, 0.717) is 21.4 Å². The molecule has 1 heterocycles. The van der Waals surface area contributed by atoms with Crippen molar-refractivity contribution in [1.29, 1.82) is 0 Å². The Labute approximate surface area is 67.1 Å². The zero-order chi connectivity index (χ0) is 8.55. The number of hydrogen-bond donors (Lipinski definition) is 1. The minimum absolute atomic E-state index is 0.411. The highest BCUT2D eigenvalue weighted by Gasteiger charge is 2.09. The van der Waals surface area contributed by atoms with Crippen molar-refractivity contribution in [3.63, 3.8) is 0 Å². The number of hydrogen-bond acceptors (Lipinski definition) is 3. The van der Waals surface area contributed by atoms with E-state index in [1.165, 1.54) is 0 Å². The molecule has 0 aliphatic carbocycles. The summed E-state index contributed by atoms with van der Waals surface area (Å²) in [5.41, 5.74) is 1.07. The highest BCUT2D eigenvalue weighted by atomic mass is 16.7. The number of benzene rings is 1. The van der Waals surface area contributed by atoms with E-state index >= 15 is 0 Å². The zero-order valence-electron chi connectivity index (χ0n) is 6.40. The van der Waals surface area contributed by atoms with Gasteiger partial charge in [0, 0.05) is 12.1 Å². The first kappa shape index (κ1) is 6.90. The Bertz CT molecular complexity index is 457. The fraction of sp³-hybridized carbons (Fsp3) is 0.143. The summed E-state index contributed by atoms with van der Waals surface area (Å²) in [6.07, 6.45) is 0. The lowest BCUT2D eigenvalue weighted by Crippen LogP contribution is -2.07. The van der Waals surface area contributed by atoms with Crippen molar-refractivity contribution in [3.05, 3.63) is 23.1 Å². The number of aromatic nitrogens is 2. The Hall–Kier alpha value is -1.78. The van der Waals surface area contributed by atoms with E-state index in [4.69, 9.17) is 4.74 Å². The molecular formula is C7H7N2O3+. The summed E-state index contributed by atoms with van der Waals surface area (Å²) in [7, 11) is 1.56. The molecule has 0 spiro atoms. The van der Waals surface area contributed by atoms with E-state index in [2.05, 4.69) is 9.79 Å². The van der Waals surface area contributed by atoms with Gasteiger partial charge in [0.1, 0.15) is 5.75 Å². The topological polar surface area (TPSA) is 61.1 Å². The average Bonchev–Trinajstić information content (AvgIpc) is 2.47. The fourth-order valence-electron chi connectivity index (χ4n) is 1.02. The zero-order valence-corrected chi connectivity index (χ0v) is 6.40. The first-order chi connectivity index (χ1) is 5.81. The second-order valence-corrected chi connectivity index (χ2v) is 2.33. The van der Waals surface area contributed by atoms with Crippen LogP contribution in [0, 0.1) is 4.91 Å². The van der Waals surface area contributed by atoms with E-state index in [0.717, 1.165) is 0 Å². The minimum Gasteiger partial charge on any atom is -0.497 e. The molecule has 0 unspecified atom stereocenters. The van der Waals surface area contributed by atoms with Crippen LogP contribution in [-0.2, 0) is 0 Å². The smallest absolute Gasteiger partial charge is 0.272 e. The summed E-state index contributed by atoms with van der Waals surface area (Å²) in [5, 5.41) is 2.46. The van der Waals surface area contributed by atoms with Crippen molar-refractivity contribution < 1.29 is 14.0 Å². The molecule has 5 heteroatoms. The van der Waals surface area contributed by atoms with Gasteiger partial charge in [0.15, 0.2) is 4.60 Å². The second kappa shape index (κ2) is 2.37. The van der Waals surface area contributed by atoms with Crippen LogP contribution in [0.15, 0.2) is 22.8 Å². The monoisotopic (exact) mass is 167 g/mol. The Morgan fingerprint density at radius 3 is 3.17 bits per heavy atom. The largest absolute Gasteiger partial charge is 0.497 e. The third kappa shape index (κ3) is 0.868. The maximum atomic E-state index is 10.9. The van der Waals surface area contributed by atoms with Gasteiger partial charge in [-0.05, 0) is 11.0 Å². The molecule has 12 heavy (non-hydrogen) atoms. The van der Waals surface area contributed by atoms with Crippen LogP contribution in [0.3, 0.4) is 0 Å². The lowest BCUT2D eigenvalue weighted by molar-refractivity contribution is -0.692. The highest BCUT2D eigenvalue weighted by Crippen LogP contribution is 2.15. The summed E-state index contributed by atoms with van der Waals surface area (Å²) in [4.78, 5) is 10.9. The number of nitrogens with one attached hydrogen (secondary N) is 1. The minimum atomic E-state index is 0.411. The second-order valence-electron chi connectivity index (χ2n) is 2.33. The van der Waals surface area contributed by atoms with Gasteiger partial charge in [0.2, 0.25) is 5.52 Å². The summed E-state index contributed by atoms with van der Waals surface area (Å²) in [6, 6.07) is 5.01. The van der Waals surface area contributed by atoms with Crippen molar-refractivity contribution >= 4 is 11.0 Å². The van der Waals surface area contributed by atoms with Crippen LogP contribution in [0.5, 0.6) is 5.75 Å². The molecule has 2 rings (SSSR count). The first-order valence-corrected chi connectivity index (χ1v) is 3.39. The molecule has 1 N–H and O–H groups in total.